The SMILES string of the molecule is O=C(Cn1nc2ccc(Sc3ccccc3)nn2c1=O)Nc1ccccc1C(F)(F)F. The summed E-state index contributed by atoms with van der Waals surface area (Å²) in [4.78, 5) is 25.8. The minimum absolute atomic E-state index is 0.214. The van der Waals surface area contributed by atoms with Gasteiger partial charge in [-0.1, -0.05) is 42.1 Å². The maximum Gasteiger partial charge on any atom is 0.418 e. The van der Waals surface area contributed by atoms with Gasteiger partial charge in [0, 0.05) is 4.90 Å². The molecule has 0 atom stereocenters. The Bertz CT molecular complexity index is 1300. The monoisotopic (exact) mass is 445 g/mol. The zero-order valence-corrected chi connectivity index (χ0v) is 16.5. The van der Waals surface area contributed by atoms with E-state index >= 15 is 0 Å². The summed E-state index contributed by atoms with van der Waals surface area (Å²) in [6.45, 7) is -0.560. The molecule has 7 nitrogen and oxygen atoms in total. The maximum absolute atomic E-state index is 13.1. The van der Waals surface area contributed by atoms with E-state index in [9.17, 15) is 22.8 Å². The van der Waals surface area contributed by atoms with E-state index in [1.54, 1.807) is 12.1 Å². The van der Waals surface area contributed by atoms with Crippen molar-refractivity contribution in [3.8, 4) is 0 Å². The van der Waals surface area contributed by atoms with Crippen molar-refractivity contribution in [2.75, 3.05) is 5.32 Å². The zero-order valence-electron chi connectivity index (χ0n) is 15.7. The van der Waals surface area contributed by atoms with Gasteiger partial charge in [-0.05, 0) is 36.4 Å². The molecule has 0 aliphatic carbocycles. The largest absolute Gasteiger partial charge is 0.418 e. The van der Waals surface area contributed by atoms with Crippen LogP contribution in [0.25, 0.3) is 5.65 Å². The number of hydrogen-bond donors (Lipinski definition) is 1. The third kappa shape index (κ3) is 4.61. The van der Waals surface area contributed by atoms with Crippen LogP contribution in [0.15, 0.2) is 81.4 Å². The van der Waals surface area contributed by atoms with Gasteiger partial charge in [0.15, 0.2) is 5.65 Å². The van der Waals surface area contributed by atoms with Gasteiger partial charge in [-0.3, -0.25) is 4.79 Å². The first-order valence-electron chi connectivity index (χ1n) is 8.97. The summed E-state index contributed by atoms with van der Waals surface area (Å²) >= 11 is 1.35. The predicted octanol–water partition coefficient (Wildman–Crippen LogP) is 3.70. The van der Waals surface area contributed by atoms with Crippen molar-refractivity contribution in [3.05, 3.63) is 82.8 Å². The Morgan fingerprint density at radius 1 is 0.968 bits per heavy atom. The number of carbonyl (C=O) groups is 1. The van der Waals surface area contributed by atoms with Gasteiger partial charge in [0.1, 0.15) is 11.6 Å². The Balaban J connectivity index is 1.55. The molecule has 0 radical (unpaired) electrons. The Hall–Kier alpha value is -3.60. The lowest BCUT2D eigenvalue weighted by atomic mass is 10.1. The molecule has 2 aromatic heterocycles. The molecule has 11 heteroatoms. The smallest absolute Gasteiger partial charge is 0.324 e. The third-order valence-electron chi connectivity index (χ3n) is 4.18. The number of benzene rings is 2. The Labute approximate surface area is 177 Å². The standard InChI is InChI=1S/C20H14F3N5O2S/c21-20(22,23)14-8-4-5-9-15(14)24-17(29)12-27-19(30)28-16(25-27)10-11-18(26-28)31-13-6-2-1-3-7-13/h1-11H,12H2,(H,24,29). The van der Waals surface area contributed by atoms with Crippen LogP contribution in [0.1, 0.15) is 5.56 Å². The average molecular weight is 445 g/mol. The molecule has 0 saturated heterocycles. The molecule has 0 unspecified atom stereocenters. The van der Waals surface area contributed by atoms with Crippen LogP contribution in [-0.2, 0) is 17.5 Å². The van der Waals surface area contributed by atoms with Crippen LogP contribution in [0.4, 0.5) is 18.9 Å². The van der Waals surface area contributed by atoms with Crippen molar-refractivity contribution >= 4 is 29.0 Å². The normalized spacial score (nSPS) is 11.6. The summed E-state index contributed by atoms with van der Waals surface area (Å²) in [5.74, 6) is -0.818. The summed E-state index contributed by atoms with van der Waals surface area (Å²) in [6.07, 6.45) is -4.62. The lowest BCUT2D eigenvalue weighted by molar-refractivity contribution is -0.137. The fraction of sp³-hybridized carbons (Fsp3) is 0.100. The highest BCUT2D eigenvalue weighted by atomic mass is 32.2. The molecule has 0 fully saturated rings. The van der Waals surface area contributed by atoms with Gasteiger partial charge in [0.05, 0.1) is 11.3 Å². The number of rotatable bonds is 5. The van der Waals surface area contributed by atoms with Gasteiger partial charge >= 0.3 is 11.9 Å². The van der Waals surface area contributed by atoms with Crippen molar-refractivity contribution in [3.63, 3.8) is 0 Å². The minimum Gasteiger partial charge on any atom is -0.324 e. The first-order valence-corrected chi connectivity index (χ1v) is 9.79. The van der Waals surface area contributed by atoms with Crippen LogP contribution >= 0.6 is 11.8 Å². The molecule has 1 amide bonds. The van der Waals surface area contributed by atoms with Gasteiger partial charge < -0.3 is 5.32 Å². The lowest BCUT2D eigenvalue weighted by Crippen LogP contribution is -2.29. The molecule has 31 heavy (non-hydrogen) atoms. The second-order valence-corrected chi connectivity index (χ2v) is 7.48. The fourth-order valence-electron chi connectivity index (χ4n) is 2.82. The maximum atomic E-state index is 13.1. The second kappa shape index (κ2) is 8.26. The minimum atomic E-state index is -4.62. The summed E-state index contributed by atoms with van der Waals surface area (Å²) in [5.41, 5.74) is -1.83. The number of halogens is 3. The molecule has 2 heterocycles. The fourth-order valence-corrected chi connectivity index (χ4v) is 3.62. The van der Waals surface area contributed by atoms with Gasteiger partial charge in [0.25, 0.3) is 0 Å². The van der Waals surface area contributed by atoms with E-state index in [0.717, 1.165) is 26.2 Å². The lowest BCUT2D eigenvalue weighted by Gasteiger charge is -2.13. The van der Waals surface area contributed by atoms with Gasteiger partial charge in [-0.25, -0.2) is 9.48 Å². The van der Waals surface area contributed by atoms with Crippen LogP contribution in [-0.4, -0.2) is 25.3 Å². The van der Waals surface area contributed by atoms with Crippen molar-refractivity contribution in [2.45, 2.75) is 22.6 Å². The molecular formula is C20H14F3N5O2S. The molecule has 158 valence electrons. The number of amides is 1. The summed E-state index contributed by atoms with van der Waals surface area (Å²) < 4.78 is 41.2. The molecule has 0 aliphatic heterocycles. The number of nitrogens with zero attached hydrogens (tertiary/aromatic N) is 4. The third-order valence-corrected chi connectivity index (χ3v) is 5.12. The number of carbonyl (C=O) groups excluding carboxylic acids is 1. The Morgan fingerprint density at radius 3 is 2.42 bits per heavy atom. The van der Waals surface area contributed by atoms with Crippen molar-refractivity contribution < 1.29 is 18.0 Å². The van der Waals surface area contributed by atoms with Crippen LogP contribution < -0.4 is 11.0 Å². The molecule has 0 saturated carbocycles. The molecule has 1 N–H and O–H groups in total. The van der Waals surface area contributed by atoms with E-state index in [0.29, 0.717) is 5.03 Å². The van der Waals surface area contributed by atoms with Gasteiger partial charge in [-0.2, -0.15) is 22.8 Å². The number of aromatic nitrogens is 4. The van der Waals surface area contributed by atoms with E-state index in [2.05, 4.69) is 15.5 Å². The Kier molecular flexibility index (Phi) is 5.51. The van der Waals surface area contributed by atoms with E-state index in [-0.39, 0.29) is 5.65 Å². The van der Waals surface area contributed by atoms with Gasteiger partial charge in [-0.15, -0.1) is 5.10 Å². The van der Waals surface area contributed by atoms with Crippen LogP contribution in [0.5, 0.6) is 0 Å². The summed E-state index contributed by atoms with van der Waals surface area (Å²) in [5, 5.41) is 11.0. The highest BCUT2D eigenvalue weighted by molar-refractivity contribution is 7.99. The number of nitrogens with one attached hydrogen (secondary N) is 1. The summed E-state index contributed by atoms with van der Waals surface area (Å²) in [6, 6.07) is 17.3. The molecule has 2 aromatic carbocycles. The molecule has 0 aliphatic rings. The first kappa shape index (κ1) is 20.7. The number of hydrogen-bond acceptors (Lipinski definition) is 5. The van der Waals surface area contributed by atoms with E-state index in [1.807, 2.05) is 30.3 Å². The van der Waals surface area contributed by atoms with E-state index in [4.69, 9.17) is 0 Å². The number of anilines is 1. The van der Waals surface area contributed by atoms with E-state index < -0.39 is 35.6 Å². The molecule has 0 spiro atoms. The van der Waals surface area contributed by atoms with Crippen molar-refractivity contribution in [1.82, 2.24) is 19.4 Å². The van der Waals surface area contributed by atoms with Crippen LogP contribution in [0, 0.1) is 0 Å². The topological polar surface area (TPSA) is 81.3 Å². The predicted molar refractivity (Wildman–Crippen MR) is 108 cm³/mol. The quantitative estimate of drug-likeness (QED) is 0.507. The highest BCUT2D eigenvalue weighted by Gasteiger charge is 2.33. The molecular weight excluding hydrogens is 431 g/mol. The second-order valence-electron chi connectivity index (χ2n) is 6.39. The Morgan fingerprint density at radius 2 is 1.68 bits per heavy atom. The van der Waals surface area contributed by atoms with Crippen molar-refractivity contribution in [1.29, 1.82) is 0 Å². The van der Waals surface area contributed by atoms with E-state index in [1.165, 1.54) is 23.9 Å². The number of fused-ring (bicyclic) bond motifs is 1. The number of para-hydroxylation sites is 1. The average Bonchev–Trinajstić information content (AvgIpc) is 3.03. The molecule has 4 rings (SSSR count). The molecule has 4 aromatic rings. The van der Waals surface area contributed by atoms with Crippen molar-refractivity contribution in [2.24, 2.45) is 0 Å². The highest BCUT2D eigenvalue weighted by Crippen LogP contribution is 2.34. The zero-order chi connectivity index (χ0) is 22.0. The first-order chi connectivity index (χ1) is 14.8. The molecule has 0 bridgehead atoms. The van der Waals surface area contributed by atoms with Gasteiger partial charge in [0.2, 0.25) is 5.91 Å². The number of alkyl halides is 3. The van der Waals surface area contributed by atoms with Crippen LogP contribution in [0.2, 0.25) is 0 Å². The van der Waals surface area contributed by atoms with Crippen LogP contribution in [0.3, 0.4) is 0 Å². The summed E-state index contributed by atoms with van der Waals surface area (Å²) in [7, 11) is 0.